The summed E-state index contributed by atoms with van der Waals surface area (Å²) in [5.74, 6) is 2.09. The number of fused-ring (bicyclic) bond motifs is 1. The maximum Gasteiger partial charge on any atom is 0.150 e. The quantitative estimate of drug-likeness (QED) is 0.697. The molecular weight excluding hydrogens is 350 g/mol. The molecule has 0 atom stereocenters. The van der Waals surface area contributed by atoms with Gasteiger partial charge in [0.25, 0.3) is 0 Å². The van der Waals surface area contributed by atoms with Gasteiger partial charge in [-0.2, -0.15) is 0 Å². The summed E-state index contributed by atoms with van der Waals surface area (Å²) in [4.78, 5) is 25.2. The first kappa shape index (κ1) is 17.2. The van der Waals surface area contributed by atoms with Crippen molar-refractivity contribution < 1.29 is 0 Å². The first-order valence-electron chi connectivity index (χ1n) is 10.1. The molecule has 0 amide bonds. The second-order valence-corrected chi connectivity index (χ2v) is 7.53. The van der Waals surface area contributed by atoms with E-state index in [1.807, 2.05) is 6.92 Å². The molecule has 0 saturated carbocycles. The van der Waals surface area contributed by atoms with Gasteiger partial charge in [0.05, 0.1) is 11.2 Å². The van der Waals surface area contributed by atoms with Gasteiger partial charge in [-0.05, 0) is 38.0 Å². The van der Waals surface area contributed by atoms with E-state index in [1.54, 1.807) is 18.7 Å². The van der Waals surface area contributed by atoms with E-state index in [-0.39, 0.29) is 0 Å². The van der Waals surface area contributed by atoms with Crippen LogP contribution >= 0.6 is 0 Å². The maximum atomic E-state index is 4.61. The zero-order chi connectivity index (χ0) is 18.9. The van der Waals surface area contributed by atoms with Gasteiger partial charge in [-0.15, -0.1) is 0 Å². The van der Waals surface area contributed by atoms with Gasteiger partial charge in [-0.25, -0.2) is 15.0 Å². The lowest BCUT2D eigenvalue weighted by Gasteiger charge is -2.37. The summed E-state index contributed by atoms with van der Waals surface area (Å²) in [6.07, 6.45) is 7.71. The monoisotopic (exact) mass is 375 g/mol. The minimum atomic E-state index is 0.946. The molecular formula is C21H25N7. The lowest BCUT2D eigenvalue weighted by Crippen LogP contribution is -2.47. The number of aromatic nitrogens is 4. The normalized spacial score (nSPS) is 17.5. The molecule has 0 radical (unpaired) electrons. The van der Waals surface area contributed by atoms with Crippen LogP contribution in [0.1, 0.15) is 18.5 Å². The third-order valence-corrected chi connectivity index (χ3v) is 5.80. The third kappa shape index (κ3) is 3.10. The molecule has 0 N–H and O–H groups in total. The topological polar surface area (TPSA) is 61.3 Å². The average molecular weight is 375 g/mol. The smallest absolute Gasteiger partial charge is 0.150 e. The lowest BCUT2D eigenvalue weighted by molar-refractivity contribution is 0.644. The summed E-state index contributed by atoms with van der Waals surface area (Å²) < 4.78 is 0. The van der Waals surface area contributed by atoms with E-state index < -0.39 is 0 Å². The van der Waals surface area contributed by atoms with Gasteiger partial charge in [-0.1, -0.05) is 0 Å². The van der Waals surface area contributed by atoms with Crippen LogP contribution in [-0.2, 0) is 0 Å². The number of piperazine rings is 1. The predicted octanol–water partition coefficient (Wildman–Crippen LogP) is 2.66. The van der Waals surface area contributed by atoms with Crippen LogP contribution in [0.2, 0.25) is 0 Å². The van der Waals surface area contributed by atoms with Crippen molar-refractivity contribution in [2.75, 3.05) is 54.0 Å². The first-order valence-corrected chi connectivity index (χ1v) is 10.1. The molecule has 5 rings (SSSR count). The molecule has 2 aliphatic heterocycles. The van der Waals surface area contributed by atoms with Gasteiger partial charge >= 0.3 is 0 Å². The van der Waals surface area contributed by atoms with Crippen LogP contribution in [0.15, 0.2) is 36.9 Å². The molecule has 7 nitrogen and oxygen atoms in total. The molecule has 0 unspecified atom stereocenters. The van der Waals surface area contributed by atoms with E-state index in [2.05, 4.69) is 52.8 Å². The van der Waals surface area contributed by atoms with Crippen molar-refractivity contribution in [3.05, 3.63) is 42.6 Å². The summed E-state index contributed by atoms with van der Waals surface area (Å²) in [5, 5.41) is 1.16. The fraction of sp³-hybridized carbons (Fsp3) is 0.429. The number of anilines is 3. The Labute approximate surface area is 165 Å². The van der Waals surface area contributed by atoms with Crippen LogP contribution in [0.3, 0.4) is 0 Å². The van der Waals surface area contributed by atoms with E-state index in [0.29, 0.717) is 0 Å². The van der Waals surface area contributed by atoms with Crippen LogP contribution in [0.4, 0.5) is 17.3 Å². The summed E-state index contributed by atoms with van der Waals surface area (Å²) in [6, 6.07) is 6.59. The van der Waals surface area contributed by atoms with Crippen molar-refractivity contribution >= 4 is 28.2 Å². The Morgan fingerprint density at radius 2 is 1.43 bits per heavy atom. The average Bonchev–Trinajstić information content (AvgIpc) is 3.28. The molecule has 2 aromatic heterocycles. The van der Waals surface area contributed by atoms with E-state index in [9.17, 15) is 0 Å². The number of hydrogen-bond acceptors (Lipinski definition) is 7. The minimum Gasteiger partial charge on any atom is -0.368 e. The Morgan fingerprint density at radius 1 is 0.714 bits per heavy atom. The molecule has 144 valence electrons. The predicted molar refractivity (Wildman–Crippen MR) is 112 cm³/mol. The second kappa shape index (κ2) is 7.22. The zero-order valence-electron chi connectivity index (χ0n) is 16.3. The van der Waals surface area contributed by atoms with E-state index >= 15 is 0 Å². The van der Waals surface area contributed by atoms with Gasteiger partial charge in [0.1, 0.15) is 18.0 Å². The van der Waals surface area contributed by atoms with Crippen molar-refractivity contribution in [1.82, 2.24) is 19.9 Å². The Balaban J connectivity index is 1.38. The third-order valence-electron chi connectivity index (χ3n) is 5.80. The van der Waals surface area contributed by atoms with Crippen molar-refractivity contribution in [2.24, 2.45) is 0 Å². The van der Waals surface area contributed by atoms with Gasteiger partial charge in [0, 0.05) is 62.7 Å². The second-order valence-electron chi connectivity index (χ2n) is 7.53. The molecule has 0 spiro atoms. The van der Waals surface area contributed by atoms with Crippen LogP contribution in [0.25, 0.3) is 10.9 Å². The number of nitrogens with zero attached hydrogens (tertiary/aromatic N) is 7. The molecule has 2 aliphatic rings. The summed E-state index contributed by atoms with van der Waals surface area (Å²) in [5.41, 5.74) is 3.27. The highest BCUT2D eigenvalue weighted by Gasteiger charge is 2.21. The van der Waals surface area contributed by atoms with Crippen molar-refractivity contribution in [3.8, 4) is 0 Å². The van der Waals surface area contributed by atoms with Crippen molar-refractivity contribution in [1.29, 1.82) is 0 Å². The number of hydrogen-bond donors (Lipinski definition) is 0. The highest BCUT2D eigenvalue weighted by atomic mass is 15.3. The fourth-order valence-corrected chi connectivity index (χ4v) is 4.30. The SMILES string of the molecule is Cc1nccnc1N1CCN(c2ccc3ncnc(N4CCCC4)c3c2)CC1. The Bertz CT molecular complexity index is 975. The number of rotatable bonds is 3. The standard InChI is InChI=1S/C21H25N7/c1-16-20(23-7-6-22-16)28-12-10-26(11-13-28)17-4-5-19-18(14-17)21(25-15-24-19)27-8-2-3-9-27/h4-7,14-15H,2-3,8-13H2,1H3. The highest BCUT2D eigenvalue weighted by Crippen LogP contribution is 2.30. The van der Waals surface area contributed by atoms with Gasteiger partial charge in [0.2, 0.25) is 0 Å². The minimum absolute atomic E-state index is 0.946. The molecule has 28 heavy (non-hydrogen) atoms. The largest absolute Gasteiger partial charge is 0.368 e. The lowest BCUT2D eigenvalue weighted by atomic mass is 10.1. The molecule has 2 saturated heterocycles. The molecule has 0 bridgehead atoms. The molecule has 2 fully saturated rings. The maximum absolute atomic E-state index is 4.61. The van der Waals surface area contributed by atoms with Gasteiger partial charge < -0.3 is 14.7 Å². The fourth-order valence-electron chi connectivity index (χ4n) is 4.30. The van der Waals surface area contributed by atoms with E-state index in [0.717, 1.165) is 67.5 Å². The molecule has 3 aromatic rings. The molecule has 1 aromatic carbocycles. The summed E-state index contributed by atoms with van der Waals surface area (Å²) in [7, 11) is 0. The van der Waals surface area contributed by atoms with Crippen LogP contribution in [-0.4, -0.2) is 59.2 Å². The van der Waals surface area contributed by atoms with Crippen LogP contribution in [0, 0.1) is 6.92 Å². The molecule has 4 heterocycles. The number of benzene rings is 1. The summed E-state index contributed by atoms with van der Waals surface area (Å²) >= 11 is 0. The molecule has 7 heteroatoms. The Hall–Kier alpha value is -2.96. The van der Waals surface area contributed by atoms with Crippen molar-refractivity contribution in [2.45, 2.75) is 19.8 Å². The number of aryl methyl sites for hydroxylation is 1. The van der Waals surface area contributed by atoms with E-state index in [1.165, 1.54) is 18.5 Å². The van der Waals surface area contributed by atoms with Gasteiger partial charge in [-0.3, -0.25) is 4.98 Å². The van der Waals surface area contributed by atoms with Crippen molar-refractivity contribution in [3.63, 3.8) is 0 Å². The molecule has 0 aliphatic carbocycles. The zero-order valence-corrected chi connectivity index (χ0v) is 16.3. The highest BCUT2D eigenvalue weighted by molar-refractivity contribution is 5.92. The van der Waals surface area contributed by atoms with Gasteiger partial charge in [0.15, 0.2) is 0 Å². The Kier molecular flexibility index (Phi) is 4.43. The summed E-state index contributed by atoms with van der Waals surface area (Å²) in [6.45, 7) is 8.03. The van der Waals surface area contributed by atoms with Crippen LogP contribution < -0.4 is 14.7 Å². The van der Waals surface area contributed by atoms with E-state index in [4.69, 9.17) is 0 Å². The van der Waals surface area contributed by atoms with Crippen LogP contribution in [0.5, 0.6) is 0 Å². The Morgan fingerprint density at radius 3 is 2.21 bits per heavy atom. The first-order chi connectivity index (χ1) is 13.8.